The maximum atomic E-state index is 12.8. The number of nitrogens with zero attached hydrogens (tertiary/aromatic N) is 1. The van der Waals surface area contributed by atoms with Crippen LogP contribution in [0.25, 0.3) is 0 Å². The highest BCUT2D eigenvalue weighted by Gasteiger charge is 2.43. The van der Waals surface area contributed by atoms with Crippen LogP contribution in [-0.4, -0.2) is 34.0 Å². The third-order valence-corrected chi connectivity index (χ3v) is 4.98. The fraction of sp³-hybridized carbons (Fsp3) is 0.400. The van der Waals surface area contributed by atoms with Crippen LogP contribution in [0.15, 0.2) is 36.1 Å². The van der Waals surface area contributed by atoms with Crippen LogP contribution in [0.1, 0.15) is 55.8 Å². The van der Waals surface area contributed by atoms with Crippen LogP contribution in [0.3, 0.4) is 0 Å². The van der Waals surface area contributed by atoms with E-state index in [4.69, 9.17) is 14.2 Å². The molecule has 2 atom stereocenters. The van der Waals surface area contributed by atoms with E-state index in [-0.39, 0.29) is 36.5 Å². The van der Waals surface area contributed by atoms with Crippen molar-refractivity contribution < 1.29 is 33.4 Å². The molecule has 8 heteroatoms. The van der Waals surface area contributed by atoms with Gasteiger partial charge in [-0.2, -0.15) is 0 Å². The first kappa shape index (κ1) is 19.6. The number of hydrogen-bond donors (Lipinski definition) is 0. The summed E-state index contributed by atoms with van der Waals surface area (Å²) in [5.41, 5.74) is -0.336. The summed E-state index contributed by atoms with van der Waals surface area (Å²) in [6.07, 6.45) is 2.30. The Morgan fingerprint density at radius 3 is 2.75 bits per heavy atom. The zero-order valence-corrected chi connectivity index (χ0v) is 15.9. The molecule has 0 bridgehead atoms. The molecule has 0 amide bonds. The third kappa shape index (κ3) is 3.26. The van der Waals surface area contributed by atoms with E-state index in [1.165, 1.54) is 24.5 Å². The number of ether oxygens (including phenoxy) is 3. The molecule has 8 nitrogen and oxygen atoms in total. The highest BCUT2D eigenvalue weighted by Crippen LogP contribution is 2.36. The molecule has 1 aromatic rings. The van der Waals surface area contributed by atoms with E-state index in [9.17, 15) is 19.2 Å². The number of esters is 3. The maximum absolute atomic E-state index is 12.8. The van der Waals surface area contributed by atoms with E-state index < -0.39 is 29.6 Å². The van der Waals surface area contributed by atoms with Crippen LogP contribution >= 0.6 is 0 Å². The molecule has 28 heavy (non-hydrogen) atoms. The average molecular weight is 387 g/mol. The lowest BCUT2D eigenvalue weighted by atomic mass is 9.90. The minimum absolute atomic E-state index is 0.0198. The van der Waals surface area contributed by atoms with E-state index in [0.717, 1.165) is 0 Å². The summed E-state index contributed by atoms with van der Waals surface area (Å²) in [5, 5.41) is 0. The summed E-state index contributed by atoms with van der Waals surface area (Å²) >= 11 is 0. The van der Waals surface area contributed by atoms with Crippen molar-refractivity contribution in [2.24, 2.45) is 0 Å². The Labute approximate surface area is 161 Å². The van der Waals surface area contributed by atoms with Gasteiger partial charge in [0.1, 0.15) is 6.61 Å². The van der Waals surface area contributed by atoms with Crippen LogP contribution in [0.5, 0.6) is 0 Å². The minimum atomic E-state index is -1.77. The predicted octanol–water partition coefficient (Wildman–Crippen LogP) is 2.39. The Balaban J connectivity index is 2.05. The van der Waals surface area contributed by atoms with Gasteiger partial charge in [0, 0.05) is 30.7 Å². The van der Waals surface area contributed by atoms with Gasteiger partial charge in [0.2, 0.25) is 11.5 Å². The molecule has 0 N–H and O–H groups in total. The first-order valence-corrected chi connectivity index (χ1v) is 8.82. The smallest absolute Gasteiger partial charge is 0.355 e. The Morgan fingerprint density at radius 2 is 2.11 bits per heavy atom. The Morgan fingerprint density at radius 1 is 1.39 bits per heavy atom. The van der Waals surface area contributed by atoms with Crippen molar-refractivity contribution in [2.75, 3.05) is 0 Å². The molecular weight excluding hydrogens is 366 g/mol. The molecule has 3 rings (SSSR count). The molecule has 148 valence electrons. The zero-order valence-electron chi connectivity index (χ0n) is 15.9. The minimum Gasteiger partial charge on any atom is -0.458 e. The van der Waals surface area contributed by atoms with Crippen LogP contribution in [0, 0.1) is 0 Å². The van der Waals surface area contributed by atoms with Crippen LogP contribution in [0.4, 0.5) is 0 Å². The summed E-state index contributed by atoms with van der Waals surface area (Å²) in [5.74, 6) is -2.33. The van der Waals surface area contributed by atoms with Gasteiger partial charge in [-0.15, -0.1) is 0 Å². The van der Waals surface area contributed by atoms with Crippen molar-refractivity contribution in [3.8, 4) is 0 Å². The molecule has 0 radical (unpaired) electrons. The fourth-order valence-corrected chi connectivity index (χ4v) is 3.36. The average Bonchev–Trinajstić information content (AvgIpc) is 3.17. The van der Waals surface area contributed by atoms with Crippen LogP contribution < -0.4 is 0 Å². The highest BCUT2D eigenvalue weighted by atomic mass is 16.6. The molecule has 2 aliphatic heterocycles. The lowest BCUT2D eigenvalue weighted by molar-refractivity contribution is -0.176. The first-order valence-electron chi connectivity index (χ1n) is 8.82. The Kier molecular flexibility index (Phi) is 4.97. The molecule has 1 aromatic heterocycles. The molecule has 0 aromatic carbocycles. The zero-order chi connectivity index (χ0) is 20.6. The number of allylic oxidation sites excluding steroid dienone is 1. The largest absolute Gasteiger partial charge is 0.458 e. The van der Waals surface area contributed by atoms with Gasteiger partial charge in [-0.3, -0.25) is 14.2 Å². The summed E-state index contributed by atoms with van der Waals surface area (Å²) < 4.78 is 17.6. The summed E-state index contributed by atoms with van der Waals surface area (Å²) in [4.78, 5) is 49.2. The lowest BCUT2D eigenvalue weighted by Crippen LogP contribution is -2.43. The van der Waals surface area contributed by atoms with Gasteiger partial charge in [0.05, 0.1) is 12.1 Å². The van der Waals surface area contributed by atoms with Gasteiger partial charge in [-0.1, -0.05) is 12.7 Å². The highest BCUT2D eigenvalue weighted by molar-refractivity contribution is 5.92. The summed E-state index contributed by atoms with van der Waals surface area (Å²) in [7, 11) is 0. The predicted molar refractivity (Wildman–Crippen MR) is 96.0 cm³/mol. The quantitative estimate of drug-likeness (QED) is 0.316. The Bertz CT molecular complexity index is 923. The van der Waals surface area contributed by atoms with Gasteiger partial charge in [-0.25, -0.2) is 9.59 Å². The number of carbonyl (C=O) groups is 4. The topological polar surface area (TPSA) is 101 Å². The molecule has 0 saturated heterocycles. The molecule has 2 aliphatic rings. The van der Waals surface area contributed by atoms with Crippen molar-refractivity contribution >= 4 is 23.8 Å². The third-order valence-electron chi connectivity index (χ3n) is 4.98. The molecule has 0 aliphatic carbocycles. The maximum Gasteiger partial charge on any atom is 0.355 e. The van der Waals surface area contributed by atoms with Gasteiger partial charge in [0.25, 0.3) is 0 Å². The summed E-state index contributed by atoms with van der Waals surface area (Å²) in [6, 6.07) is 1.63. The van der Waals surface area contributed by atoms with E-state index in [0.29, 0.717) is 11.3 Å². The Hall–Kier alpha value is -3.16. The van der Waals surface area contributed by atoms with Crippen molar-refractivity contribution in [2.45, 2.75) is 51.9 Å². The molecule has 0 spiro atoms. The van der Waals surface area contributed by atoms with E-state index in [1.54, 1.807) is 19.2 Å². The number of aromatic nitrogens is 1. The summed E-state index contributed by atoms with van der Waals surface area (Å²) in [6.45, 7) is 7.87. The van der Waals surface area contributed by atoms with E-state index >= 15 is 0 Å². The number of hydrogen-bond acceptors (Lipinski definition) is 7. The van der Waals surface area contributed by atoms with Gasteiger partial charge in [-0.05, 0) is 25.5 Å². The van der Waals surface area contributed by atoms with E-state index in [2.05, 4.69) is 6.58 Å². The lowest BCUT2D eigenvalue weighted by Gasteiger charge is -2.30. The SMILES string of the molecule is C=C1C/C(=C/C)C(=O)O[C@@H]2CC(=O)n3ccc(c32)COC(=O)[C@]1(C)OC(C)=O. The molecule has 0 saturated carbocycles. The number of rotatable bonds is 1. The fourth-order valence-electron chi connectivity index (χ4n) is 3.36. The van der Waals surface area contributed by atoms with Crippen LogP contribution in [0.2, 0.25) is 0 Å². The second-order valence-corrected chi connectivity index (χ2v) is 6.89. The molecule has 3 heterocycles. The van der Waals surface area contributed by atoms with Crippen molar-refractivity contribution in [1.29, 1.82) is 0 Å². The molecular formula is C20H21NO7. The van der Waals surface area contributed by atoms with Crippen molar-refractivity contribution in [3.63, 3.8) is 0 Å². The van der Waals surface area contributed by atoms with Gasteiger partial charge < -0.3 is 14.2 Å². The number of carbonyl (C=O) groups excluding carboxylic acids is 4. The van der Waals surface area contributed by atoms with Crippen LogP contribution in [-0.2, 0) is 35.2 Å². The second kappa shape index (κ2) is 7.10. The normalized spacial score (nSPS) is 26.8. The second-order valence-electron chi connectivity index (χ2n) is 6.89. The van der Waals surface area contributed by atoms with E-state index in [1.807, 2.05) is 0 Å². The van der Waals surface area contributed by atoms with Gasteiger partial charge in [0.15, 0.2) is 6.10 Å². The first-order chi connectivity index (χ1) is 13.2. The van der Waals surface area contributed by atoms with Crippen molar-refractivity contribution in [1.82, 2.24) is 4.57 Å². The molecule has 0 unspecified atom stereocenters. The number of cyclic esters (lactones) is 1. The van der Waals surface area contributed by atoms with Gasteiger partial charge >= 0.3 is 17.9 Å². The van der Waals surface area contributed by atoms with Crippen molar-refractivity contribution in [3.05, 3.63) is 47.3 Å². The standard InChI is InChI=1S/C20H21NO7/c1-5-13-8-11(2)20(4,28-12(3)22)19(25)26-10-14-6-7-21-16(23)9-15(17(14)21)27-18(13)24/h5-7,15H,2,8-10H2,1,3-4H3/b13-5-/t15-,20-/m1/s1. The molecule has 0 fully saturated rings. The monoisotopic (exact) mass is 387 g/mol.